The van der Waals surface area contributed by atoms with Gasteiger partial charge in [-0.1, -0.05) is 23.7 Å². The summed E-state index contributed by atoms with van der Waals surface area (Å²) in [6.07, 6.45) is 3.11. The van der Waals surface area contributed by atoms with Gasteiger partial charge in [0.2, 0.25) is 0 Å². The van der Waals surface area contributed by atoms with E-state index in [1.165, 1.54) is 6.33 Å². The second-order valence-corrected chi connectivity index (χ2v) is 5.44. The molecular weight excluding hydrogens is 328 g/mol. The van der Waals surface area contributed by atoms with Crippen molar-refractivity contribution in [2.24, 2.45) is 0 Å². The van der Waals surface area contributed by atoms with Gasteiger partial charge in [-0.25, -0.2) is 9.67 Å². The predicted octanol–water partition coefficient (Wildman–Crippen LogP) is 3.26. The van der Waals surface area contributed by atoms with Crippen LogP contribution in [0.3, 0.4) is 0 Å². The zero-order chi connectivity index (χ0) is 16.8. The van der Waals surface area contributed by atoms with E-state index in [9.17, 15) is 4.79 Å². The van der Waals surface area contributed by atoms with Crippen molar-refractivity contribution in [2.45, 2.75) is 6.54 Å². The standard InChI is InChI=1S/C17H15ClN4O2/c18-14-4-1-3-13(9-14)17(23)21-15-5-2-6-16(10-15)24-8-7-22-12-19-11-20-22/h1-6,9-12H,7-8H2,(H,21,23). The van der Waals surface area contributed by atoms with Crippen LogP contribution < -0.4 is 10.1 Å². The molecule has 0 saturated heterocycles. The molecule has 0 radical (unpaired) electrons. The molecule has 0 spiro atoms. The van der Waals surface area contributed by atoms with E-state index in [1.54, 1.807) is 47.4 Å². The van der Waals surface area contributed by atoms with Crippen LogP contribution in [0.1, 0.15) is 10.4 Å². The number of nitrogens with zero attached hydrogens (tertiary/aromatic N) is 3. The van der Waals surface area contributed by atoms with Crippen LogP contribution in [-0.4, -0.2) is 27.3 Å². The number of halogens is 1. The highest BCUT2D eigenvalue weighted by molar-refractivity contribution is 6.31. The van der Waals surface area contributed by atoms with Crippen LogP contribution in [0.25, 0.3) is 0 Å². The largest absolute Gasteiger partial charge is 0.492 e. The zero-order valence-corrected chi connectivity index (χ0v) is 13.5. The molecule has 0 saturated carbocycles. The van der Waals surface area contributed by atoms with E-state index >= 15 is 0 Å². The average molecular weight is 343 g/mol. The number of amides is 1. The minimum atomic E-state index is -0.225. The maximum Gasteiger partial charge on any atom is 0.255 e. The Hall–Kier alpha value is -2.86. The van der Waals surface area contributed by atoms with E-state index in [2.05, 4.69) is 15.4 Å². The first-order valence-corrected chi connectivity index (χ1v) is 7.71. The van der Waals surface area contributed by atoms with Gasteiger partial charge in [0.05, 0.1) is 6.54 Å². The van der Waals surface area contributed by atoms with E-state index in [4.69, 9.17) is 16.3 Å². The van der Waals surface area contributed by atoms with Crippen molar-refractivity contribution in [3.8, 4) is 5.75 Å². The number of anilines is 1. The fourth-order valence-electron chi connectivity index (χ4n) is 2.10. The number of nitrogens with one attached hydrogen (secondary N) is 1. The van der Waals surface area contributed by atoms with Gasteiger partial charge in [-0.15, -0.1) is 0 Å². The fourth-order valence-corrected chi connectivity index (χ4v) is 2.29. The van der Waals surface area contributed by atoms with Gasteiger partial charge in [0.25, 0.3) is 5.91 Å². The number of hydrogen-bond acceptors (Lipinski definition) is 4. The molecule has 1 N–H and O–H groups in total. The molecule has 6 nitrogen and oxygen atoms in total. The van der Waals surface area contributed by atoms with Gasteiger partial charge >= 0.3 is 0 Å². The summed E-state index contributed by atoms with van der Waals surface area (Å²) in [6, 6.07) is 14.0. The molecule has 0 aliphatic carbocycles. The molecule has 3 rings (SSSR count). The SMILES string of the molecule is O=C(Nc1cccc(OCCn2cncn2)c1)c1cccc(Cl)c1. The van der Waals surface area contributed by atoms with Crippen molar-refractivity contribution in [1.29, 1.82) is 0 Å². The van der Waals surface area contributed by atoms with E-state index < -0.39 is 0 Å². The Balaban J connectivity index is 1.59. The number of benzene rings is 2. The molecule has 2 aromatic carbocycles. The Morgan fingerprint density at radius 3 is 2.88 bits per heavy atom. The summed E-state index contributed by atoms with van der Waals surface area (Å²) in [5.41, 5.74) is 1.15. The van der Waals surface area contributed by atoms with Gasteiger partial charge in [0, 0.05) is 22.3 Å². The molecule has 0 aliphatic rings. The number of ether oxygens (including phenoxy) is 1. The minimum absolute atomic E-state index is 0.225. The van der Waals surface area contributed by atoms with E-state index in [0.29, 0.717) is 35.2 Å². The van der Waals surface area contributed by atoms with Crippen LogP contribution in [0.5, 0.6) is 5.75 Å². The molecule has 122 valence electrons. The fraction of sp³-hybridized carbons (Fsp3) is 0.118. The van der Waals surface area contributed by atoms with Crippen LogP contribution in [0.15, 0.2) is 61.2 Å². The van der Waals surface area contributed by atoms with Gasteiger partial charge in [-0.2, -0.15) is 5.10 Å². The summed E-state index contributed by atoms with van der Waals surface area (Å²) in [4.78, 5) is 16.1. The number of rotatable bonds is 6. The van der Waals surface area contributed by atoms with Gasteiger partial charge in [-0.3, -0.25) is 4.79 Å². The molecule has 0 bridgehead atoms. The Morgan fingerprint density at radius 2 is 2.08 bits per heavy atom. The first-order valence-electron chi connectivity index (χ1n) is 7.33. The highest BCUT2D eigenvalue weighted by Gasteiger charge is 2.07. The molecule has 3 aromatic rings. The number of hydrogen-bond donors (Lipinski definition) is 1. The second kappa shape index (κ2) is 7.61. The zero-order valence-electron chi connectivity index (χ0n) is 12.7. The quantitative estimate of drug-likeness (QED) is 0.746. The Kier molecular flexibility index (Phi) is 5.08. The van der Waals surface area contributed by atoms with Crippen LogP contribution in [-0.2, 0) is 6.54 Å². The van der Waals surface area contributed by atoms with Gasteiger partial charge < -0.3 is 10.1 Å². The lowest BCUT2D eigenvalue weighted by molar-refractivity contribution is 0.102. The van der Waals surface area contributed by atoms with Crippen LogP contribution in [0.2, 0.25) is 5.02 Å². The van der Waals surface area contributed by atoms with Gasteiger partial charge in [0.15, 0.2) is 0 Å². The van der Waals surface area contributed by atoms with E-state index in [1.807, 2.05) is 12.1 Å². The lowest BCUT2D eigenvalue weighted by Gasteiger charge is -2.09. The summed E-state index contributed by atoms with van der Waals surface area (Å²) >= 11 is 5.91. The summed E-state index contributed by atoms with van der Waals surface area (Å²) in [6.45, 7) is 1.05. The maximum atomic E-state index is 12.2. The molecule has 0 fully saturated rings. The Morgan fingerprint density at radius 1 is 1.21 bits per heavy atom. The summed E-state index contributed by atoms with van der Waals surface area (Å²) in [5, 5.41) is 7.35. The summed E-state index contributed by atoms with van der Waals surface area (Å²) < 4.78 is 7.35. The summed E-state index contributed by atoms with van der Waals surface area (Å²) in [7, 11) is 0. The average Bonchev–Trinajstić information content (AvgIpc) is 3.09. The first-order chi connectivity index (χ1) is 11.7. The molecule has 0 aliphatic heterocycles. The van der Waals surface area contributed by atoms with Crippen molar-refractivity contribution in [1.82, 2.24) is 14.8 Å². The molecule has 1 amide bonds. The molecule has 0 unspecified atom stereocenters. The van der Waals surface area contributed by atoms with Crippen molar-refractivity contribution in [3.63, 3.8) is 0 Å². The third-order valence-electron chi connectivity index (χ3n) is 3.23. The summed E-state index contributed by atoms with van der Waals surface area (Å²) in [5.74, 6) is 0.441. The third kappa shape index (κ3) is 4.33. The van der Waals surface area contributed by atoms with Crippen LogP contribution >= 0.6 is 11.6 Å². The molecule has 7 heteroatoms. The molecular formula is C17H15ClN4O2. The molecule has 24 heavy (non-hydrogen) atoms. The second-order valence-electron chi connectivity index (χ2n) is 5.00. The third-order valence-corrected chi connectivity index (χ3v) is 3.47. The minimum Gasteiger partial charge on any atom is -0.492 e. The lowest BCUT2D eigenvalue weighted by Crippen LogP contribution is -2.12. The molecule has 0 atom stereocenters. The number of carbonyl (C=O) groups excluding carboxylic acids is 1. The lowest BCUT2D eigenvalue weighted by atomic mass is 10.2. The van der Waals surface area contributed by atoms with Crippen LogP contribution in [0, 0.1) is 0 Å². The highest BCUT2D eigenvalue weighted by Crippen LogP contribution is 2.19. The molecule has 1 aromatic heterocycles. The van der Waals surface area contributed by atoms with Crippen molar-refractivity contribution in [3.05, 3.63) is 71.8 Å². The smallest absolute Gasteiger partial charge is 0.255 e. The van der Waals surface area contributed by atoms with E-state index in [-0.39, 0.29) is 5.91 Å². The normalized spacial score (nSPS) is 10.4. The Bertz CT molecular complexity index is 821. The first kappa shape index (κ1) is 16.0. The van der Waals surface area contributed by atoms with Gasteiger partial charge in [0.1, 0.15) is 25.0 Å². The monoisotopic (exact) mass is 342 g/mol. The highest BCUT2D eigenvalue weighted by atomic mass is 35.5. The number of carbonyl (C=O) groups is 1. The number of aromatic nitrogens is 3. The predicted molar refractivity (Wildman–Crippen MR) is 91.4 cm³/mol. The molecule has 1 heterocycles. The van der Waals surface area contributed by atoms with Crippen molar-refractivity contribution >= 4 is 23.2 Å². The van der Waals surface area contributed by atoms with E-state index in [0.717, 1.165) is 0 Å². The van der Waals surface area contributed by atoms with Crippen molar-refractivity contribution in [2.75, 3.05) is 11.9 Å². The van der Waals surface area contributed by atoms with Crippen LogP contribution in [0.4, 0.5) is 5.69 Å². The topological polar surface area (TPSA) is 69.0 Å². The van der Waals surface area contributed by atoms with Gasteiger partial charge in [-0.05, 0) is 30.3 Å². The van der Waals surface area contributed by atoms with Crippen molar-refractivity contribution < 1.29 is 9.53 Å². The maximum absolute atomic E-state index is 12.2. The Labute approximate surface area is 144 Å².